The molecule has 1 saturated heterocycles. The van der Waals surface area contributed by atoms with Crippen molar-refractivity contribution in [1.29, 1.82) is 0 Å². The third-order valence-corrected chi connectivity index (χ3v) is 4.29. The largest absolute Gasteiger partial charge is 0.383 e. The molecule has 140 valence electrons. The molecule has 7 heteroatoms. The van der Waals surface area contributed by atoms with E-state index in [4.69, 9.17) is 4.74 Å². The van der Waals surface area contributed by atoms with E-state index in [-0.39, 0.29) is 30.1 Å². The number of likely N-dealkylation sites (tertiary alicyclic amines) is 1. The normalized spacial score (nSPS) is 14.7. The first-order chi connectivity index (χ1) is 11.7. The molecule has 1 aliphatic rings. The lowest BCUT2D eigenvalue weighted by atomic mass is 9.95. The van der Waals surface area contributed by atoms with E-state index >= 15 is 0 Å². The van der Waals surface area contributed by atoms with Gasteiger partial charge in [-0.1, -0.05) is 30.3 Å². The average molecular weight is 370 g/mol. The maximum Gasteiger partial charge on any atom is 0.236 e. The third-order valence-electron chi connectivity index (χ3n) is 4.29. The van der Waals surface area contributed by atoms with Crippen molar-refractivity contribution < 1.29 is 14.3 Å². The van der Waals surface area contributed by atoms with Crippen LogP contribution in [0.15, 0.2) is 30.3 Å². The Kier molecular flexibility index (Phi) is 10.1. The molecule has 0 atom stereocenters. The highest BCUT2D eigenvalue weighted by atomic mass is 35.5. The van der Waals surface area contributed by atoms with Gasteiger partial charge >= 0.3 is 0 Å². The Morgan fingerprint density at radius 1 is 1.20 bits per heavy atom. The standard InChI is InChI=1S/C18H27N3O3.ClH/c1-24-12-9-19-14-17(22)21-10-7-16(8-11-21)18(23)20-13-15-5-3-2-4-6-15;/h2-6,16,19H,7-14H2,1H3,(H,20,23);1H. The number of amides is 2. The minimum absolute atomic E-state index is 0. The predicted molar refractivity (Wildman–Crippen MR) is 99.6 cm³/mol. The van der Waals surface area contributed by atoms with Crippen LogP contribution in [0.25, 0.3) is 0 Å². The topological polar surface area (TPSA) is 70.7 Å². The van der Waals surface area contributed by atoms with E-state index in [0.717, 1.165) is 18.4 Å². The summed E-state index contributed by atoms with van der Waals surface area (Å²) in [5.74, 6) is 0.178. The number of rotatable bonds is 8. The smallest absolute Gasteiger partial charge is 0.236 e. The molecule has 0 spiro atoms. The highest BCUT2D eigenvalue weighted by Gasteiger charge is 2.26. The Morgan fingerprint density at radius 3 is 2.52 bits per heavy atom. The molecule has 0 aliphatic carbocycles. The Labute approximate surface area is 155 Å². The molecule has 1 aliphatic heterocycles. The summed E-state index contributed by atoms with van der Waals surface area (Å²) >= 11 is 0. The predicted octanol–water partition coefficient (Wildman–Crippen LogP) is 1.20. The molecule has 0 bridgehead atoms. The second-order valence-corrected chi connectivity index (χ2v) is 6.03. The van der Waals surface area contributed by atoms with Crippen molar-refractivity contribution in [1.82, 2.24) is 15.5 Å². The van der Waals surface area contributed by atoms with E-state index in [0.29, 0.717) is 39.3 Å². The van der Waals surface area contributed by atoms with E-state index < -0.39 is 0 Å². The van der Waals surface area contributed by atoms with Crippen molar-refractivity contribution in [2.45, 2.75) is 19.4 Å². The number of carbonyl (C=O) groups excluding carboxylic acids is 2. The van der Waals surface area contributed by atoms with Gasteiger partial charge < -0.3 is 20.3 Å². The summed E-state index contributed by atoms with van der Waals surface area (Å²) in [7, 11) is 1.64. The Balaban J connectivity index is 0.00000312. The van der Waals surface area contributed by atoms with Gasteiger partial charge in [-0.2, -0.15) is 0 Å². The molecule has 0 unspecified atom stereocenters. The van der Waals surface area contributed by atoms with Crippen LogP contribution in [-0.4, -0.2) is 56.6 Å². The molecule has 1 heterocycles. The second kappa shape index (κ2) is 11.8. The van der Waals surface area contributed by atoms with Crippen LogP contribution in [0.2, 0.25) is 0 Å². The van der Waals surface area contributed by atoms with Crippen molar-refractivity contribution in [2.75, 3.05) is 39.9 Å². The molecule has 6 nitrogen and oxygen atoms in total. The number of benzene rings is 1. The Hall–Kier alpha value is -1.63. The molecule has 1 fully saturated rings. The van der Waals surface area contributed by atoms with Gasteiger partial charge in [-0.05, 0) is 18.4 Å². The van der Waals surface area contributed by atoms with Crippen LogP contribution in [0.4, 0.5) is 0 Å². The molecule has 1 aromatic carbocycles. The highest BCUT2D eigenvalue weighted by molar-refractivity contribution is 5.85. The van der Waals surface area contributed by atoms with Gasteiger partial charge in [0, 0.05) is 39.2 Å². The Morgan fingerprint density at radius 2 is 1.88 bits per heavy atom. The highest BCUT2D eigenvalue weighted by Crippen LogP contribution is 2.17. The minimum atomic E-state index is -0.000729. The van der Waals surface area contributed by atoms with Crippen LogP contribution >= 0.6 is 12.4 Å². The number of ether oxygens (including phenoxy) is 1. The zero-order valence-electron chi connectivity index (χ0n) is 14.7. The fraction of sp³-hybridized carbons (Fsp3) is 0.556. The monoisotopic (exact) mass is 369 g/mol. The van der Waals surface area contributed by atoms with Crippen LogP contribution in [-0.2, 0) is 20.9 Å². The molecule has 2 N–H and O–H groups in total. The zero-order chi connectivity index (χ0) is 17.2. The fourth-order valence-corrected chi connectivity index (χ4v) is 2.80. The van der Waals surface area contributed by atoms with Crippen LogP contribution in [0, 0.1) is 5.92 Å². The van der Waals surface area contributed by atoms with Gasteiger partial charge in [-0.25, -0.2) is 0 Å². The number of methoxy groups -OCH3 is 1. The maximum absolute atomic E-state index is 12.3. The van der Waals surface area contributed by atoms with Crippen molar-refractivity contribution in [3.8, 4) is 0 Å². The molecule has 25 heavy (non-hydrogen) atoms. The molecule has 0 radical (unpaired) electrons. The number of hydrogen-bond donors (Lipinski definition) is 2. The molecule has 1 aromatic rings. The summed E-state index contributed by atoms with van der Waals surface area (Å²) in [5, 5.41) is 6.05. The van der Waals surface area contributed by atoms with Gasteiger partial charge in [0.05, 0.1) is 13.2 Å². The summed E-state index contributed by atoms with van der Waals surface area (Å²) in [6.45, 7) is 3.44. The minimum Gasteiger partial charge on any atom is -0.383 e. The summed E-state index contributed by atoms with van der Waals surface area (Å²) in [6.07, 6.45) is 1.45. The van der Waals surface area contributed by atoms with Gasteiger partial charge in [0.2, 0.25) is 11.8 Å². The molecular formula is C18H28ClN3O3. The lowest BCUT2D eigenvalue weighted by Gasteiger charge is -2.31. The number of carbonyl (C=O) groups is 2. The third kappa shape index (κ3) is 7.42. The number of nitrogens with one attached hydrogen (secondary N) is 2. The van der Waals surface area contributed by atoms with Crippen LogP contribution in [0.5, 0.6) is 0 Å². The fourth-order valence-electron chi connectivity index (χ4n) is 2.80. The lowest BCUT2D eigenvalue weighted by Crippen LogP contribution is -2.45. The van der Waals surface area contributed by atoms with Crippen LogP contribution < -0.4 is 10.6 Å². The zero-order valence-corrected chi connectivity index (χ0v) is 15.5. The first-order valence-electron chi connectivity index (χ1n) is 8.49. The summed E-state index contributed by atoms with van der Waals surface area (Å²) < 4.78 is 4.93. The summed E-state index contributed by atoms with van der Waals surface area (Å²) in [4.78, 5) is 26.2. The van der Waals surface area contributed by atoms with Gasteiger partial charge in [-0.3, -0.25) is 9.59 Å². The summed E-state index contributed by atoms with van der Waals surface area (Å²) in [5.41, 5.74) is 1.10. The van der Waals surface area contributed by atoms with E-state index in [2.05, 4.69) is 10.6 Å². The van der Waals surface area contributed by atoms with E-state index in [9.17, 15) is 9.59 Å². The molecule has 0 aromatic heterocycles. The lowest BCUT2D eigenvalue weighted by molar-refractivity contribution is -0.135. The molecular weight excluding hydrogens is 342 g/mol. The number of halogens is 1. The first-order valence-corrected chi connectivity index (χ1v) is 8.49. The van der Waals surface area contributed by atoms with Crippen molar-refractivity contribution in [3.05, 3.63) is 35.9 Å². The van der Waals surface area contributed by atoms with Crippen molar-refractivity contribution >= 4 is 24.2 Å². The number of hydrogen-bond acceptors (Lipinski definition) is 4. The van der Waals surface area contributed by atoms with Crippen molar-refractivity contribution in [3.63, 3.8) is 0 Å². The molecule has 2 rings (SSSR count). The SMILES string of the molecule is COCCNCC(=O)N1CCC(C(=O)NCc2ccccc2)CC1.Cl. The maximum atomic E-state index is 12.3. The van der Waals surface area contributed by atoms with Gasteiger partial charge in [0.1, 0.15) is 0 Å². The van der Waals surface area contributed by atoms with E-state index in [1.54, 1.807) is 7.11 Å². The quantitative estimate of drug-likeness (QED) is 0.675. The van der Waals surface area contributed by atoms with E-state index in [1.807, 2.05) is 35.2 Å². The van der Waals surface area contributed by atoms with Crippen LogP contribution in [0.3, 0.4) is 0 Å². The molecule has 0 saturated carbocycles. The number of piperidine rings is 1. The van der Waals surface area contributed by atoms with Crippen molar-refractivity contribution in [2.24, 2.45) is 5.92 Å². The summed E-state index contributed by atoms with van der Waals surface area (Å²) in [6, 6.07) is 9.89. The Bertz CT molecular complexity index is 520. The average Bonchev–Trinajstić information content (AvgIpc) is 2.64. The van der Waals surface area contributed by atoms with E-state index in [1.165, 1.54) is 0 Å². The molecule has 2 amide bonds. The number of nitrogens with zero attached hydrogens (tertiary/aromatic N) is 1. The second-order valence-electron chi connectivity index (χ2n) is 6.03. The van der Waals surface area contributed by atoms with Gasteiger partial charge in [0.15, 0.2) is 0 Å². The first kappa shape index (κ1) is 21.4. The van der Waals surface area contributed by atoms with Gasteiger partial charge in [0.25, 0.3) is 0 Å². The van der Waals surface area contributed by atoms with Gasteiger partial charge in [-0.15, -0.1) is 12.4 Å². The van der Waals surface area contributed by atoms with Crippen LogP contribution in [0.1, 0.15) is 18.4 Å².